The van der Waals surface area contributed by atoms with Gasteiger partial charge in [-0.05, 0) is 39.3 Å². The van der Waals surface area contributed by atoms with E-state index in [2.05, 4.69) is 29.1 Å². The fourth-order valence-electron chi connectivity index (χ4n) is 2.09. The van der Waals surface area contributed by atoms with Crippen molar-refractivity contribution >= 4 is 17.7 Å². The second-order valence-electron chi connectivity index (χ2n) is 5.16. The molecule has 0 radical (unpaired) electrons. The summed E-state index contributed by atoms with van der Waals surface area (Å²) in [5.41, 5.74) is -0.661. The summed E-state index contributed by atoms with van der Waals surface area (Å²) in [5, 5.41) is 4.48. The van der Waals surface area contributed by atoms with Crippen LogP contribution in [0.1, 0.15) is 40.5 Å². The predicted octanol–water partition coefficient (Wildman–Crippen LogP) is 2.67. The van der Waals surface area contributed by atoms with Gasteiger partial charge in [-0.15, -0.1) is 11.8 Å². The molecule has 0 amide bonds. The lowest BCUT2D eigenvalue weighted by Crippen LogP contribution is -2.52. The number of nitrogens with one attached hydrogen (secondary N) is 1. The van der Waals surface area contributed by atoms with E-state index in [9.17, 15) is 4.79 Å². The molecule has 2 unspecified atom stereocenters. The van der Waals surface area contributed by atoms with E-state index >= 15 is 0 Å². The average Bonchev–Trinajstić information content (AvgIpc) is 2.46. The molecule has 6 heteroatoms. The summed E-state index contributed by atoms with van der Waals surface area (Å²) in [7, 11) is 0. The summed E-state index contributed by atoms with van der Waals surface area (Å²) >= 11 is 1.64. The Labute approximate surface area is 131 Å². The van der Waals surface area contributed by atoms with E-state index in [1.807, 2.05) is 19.9 Å². The number of carbonyl (C=O) groups excluding carboxylic acids is 1. The Hall–Kier alpha value is -1.14. The second kappa shape index (κ2) is 9.00. The van der Waals surface area contributed by atoms with Gasteiger partial charge in [0, 0.05) is 11.4 Å². The minimum absolute atomic E-state index is 0.186. The van der Waals surface area contributed by atoms with E-state index in [-0.39, 0.29) is 11.2 Å². The summed E-state index contributed by atoms with van der Waals surface area (Å²) in [5.74, 6) is -0.186. The molecule has 2 atom stereocenters. The molecule has 1 aromatic heterocycles. The Morgan fingerprint density at radius 1 is 1.52 bits per heavy atom. The standard InChI is InChI=1S/C15H25N3O2S/c1-5-8-18-15(4,14(19)20-6-2)10-12(3)21-13-7-9-16-11-17-13/h7,9,11-12,18H,5-6,8,10H2,1-4H3. The van der Waals surface area contributed by atoms with Gasteiger partial charge in [0.15, 0.2) is 0 Å². The number of ether oxygens (including phenoxy) is 1. The predicted molar refractivity (Wildman–Crippen MR) is 85.3 cm³/mol. The lowest BCUT2D eigenvalue weighted by molar-refractivity contribution is -0.150. The fourth-order valence-corrected chi connectivity index (χ4v) is 3.17. The van der Waals surface area contributed by atoms with Crippen molar-refractivity contribution in [3.05, 3.63) is 18.6 Å². The van der Waals surface area contributed by atoms with Crippen molar-refractivity contribution < 1.29 is 9.53 Å². The smallest absolute Gasteiger partial charge is 0.326 e. The zero-order valence-electron chi connectivity index (χ0n) is 13.3. The van der Waals surface area contributed by atoms with E-state index in [1.54, 1.807) is 18.0 Å². The summed E-state index contributed by atoms with van der Waals surface area (Å²) in [6.07, 6.45) is 4.92. The van der Waals surface area contributed by atoms with Gasteiger partial charge in [-0.2, -0.15) is 0 Å². The molecule has 0 aromatic carbocycles. The van der Waals surface area contributed by atoms with Crippen LogP contribution in [-0.2, 0) is 9.53 Å². The molecule has 1 aromatic rings. The van der Waals surface area contributed by atoms with Crippen molar-refractivity contribution in [1.29, 1.82) is 0 Å². The molecule has 0 aliphatic carbocycles. The second-order valence-corrected chi connectivity index (χ2v) is 6.62. The van der Waals surface area contributed by atoms with Crippen molar-refractivity contribution in [3.63, 3.8) is 0 Å². The lowest BCUT2D eigenvalue weighted by Gasteiger charge is -2.30. The number of thioether (sulfide) groups is 1. The molecule has 0 aliphatic rings. The number of carbonyl (C=O) groups is 1. The SMILES string of the molecule is CCCNC(C)(CC(C)Sc1ccncn1)C(=O)OCC. The van der Waals surface area contributed by atoms with E-state index < -0.39 is 5.54 Å². The van der Waals surface area contributed by atoms with Crippen LogP contribution in [0.5, 0.6) is 0 Å². The van der Waals surface area contributed by atoms with E-state index in [0.29, 0.717) is 13.0 Å². The van der Waals surface area contributed by atoms with Crippen molar-refractivity contribution in [2.45, 2.75) is 56.4 Å². The zero-order chi connectivity index (χ0) is 15.7. The fraction of sp³-hybridized carbons (Fsp3) is 0.667. The van der Waals surface area contributed by atoms with Crippen LogP contribution in [0.2, 0.25) is 0 Å². The van der Waals surface area contributed by atoms with Crippen molar-refractivity contribution in [3.8, 4) is 0 Å². The molecule has 21 heavy (non-hydrogen) atoms. The summed E-state index contributed by atoms with van der Waals surface area (Å²) in [4.78, 5) is 20.4. The van der Waals surface area contributed by atoms with Gasteiger partial charge in [0.05, 0.1) is 11.6 Å². The average molecular weight is 311 g/mol. The van der Waals surface area contributed by atoms with Crippen molar-refractivity contribution in [2.24, 2.45) is 0 Å². The molecular weight excluding hydrogens is 286 g/mol. The van der Waals surface area contributed by atoms with Crippen LogP contribution in [-0.4, -0.2) is 39.9 Å². The van der Waals surface area contributed by atoms with Gasteiger partial charge in [0.2, 0.25) is 0 Å². The molecule has 0 spiro atoms. The topological polar surface area (TPSA) is 64.1 Å². The Bertz CT molecular complexity index is 430. The Balaban J connectivity index is 2.68. The zero-order valence-corrected chi connectivity index (χ0v) is 14.1. The molecule has 1 rings (SSSR count). The first-order valence-corrected chi connectivity index (χ1v) is 8.24. The van der Waals surface area contributed by atoms with Gasteiger partial charge in [-0.25, -0.2) is 9.97 Å². The molecule has 118 valence electrons. The normalized spacial score (nSPS) is 15.2. The monoisotopic (exact) mass is 311 g/mol. The van der Waals surface area contributed by atoms with E-state index in [1.165, 1.54) is 6.33 Å². The third-order valence-electron chi connectivity index (χ3n) is 3.06. The third kappa shape index (κ3) is 6.01. The van der Waals surface area contributed by atoms with Gasteiger partial charge < -0.3 is 10.1 Å². The highest BCUT2D eigenvalue weighted by atomic mass is 32.2. The van der Waals surface area contributed by atoms with Crippen LogP contribution in [0.3, 0.4) is 0 Å². The number of rotatable bonds is 9. The van der Waals surface area contributed by atoms with E-state index in [0.717, 1.165) is 18.0 Å². The minimum Gasteiger partial charge on any atom is -0.465 e. The molecular formula is C15H25N3O2S. The van der Waals surface area contributed by atoms with Gasteiger partial charge in [-0.1, -0.05) is 13.8 Å². The van der Waals surface area contributed by atoms with Crippen LogP contribution < -0.4 is 5.32 Å². The maximum absolute atomic E-state index is 12.2. The van der Waals surface area contributed by atoms with Crippen molar-refractivity contribution in [2.75, 3.05) is 13.2 Å². The number of hydrogen-bond donors (Lipinski definition) is 1. The molecule has 0 bridgehead atoms. The van der Waals surface area contributed by atoms with E-state index in [4.69, 9.17) is 4.74 Å². The molecule has 1 heterocycles. The van der Waals surface area contributed by atoms with Crippen LogP contribution in [0.15, 0.2) is 23.6 Å². The maximum Gasteiger partial charge on any atom is 0.326 e. The first-order valence-electron chi connectivity index (χ1n) is 7.36. The van der Waals surface area contributed by atoms with Gasteiger partial charge in [0.1, 0.15) is 11.9 Å². The number of hydrogen-bond acceptors (Lipinski definition) is 6. The summed E-state index contributed by atoms with van der Waals surface area (Å²) < 4.78 is 5.22. The molecule has 0 fully saturated rings. The van der Waals surface area contributed by atoms with Gasteiger partial charge in [-0.3, -0.25) is 4.79 Å². The lowest BCUT2D eigenvalue weighted by atomic mass is 9.96. The van der Waals surface area contributed by atoms with Crippen LogP contribution in [0.25, 0.3) is 0 Å². The van der Waals surface area contributed by atoms with Crippen LogP contribution >= 0.6 is 11.8 Å². The molecule has 0 saturated heterocycles. The molecule has 5 nitrogen and oxygen atoms in total. The Kier molecular flexibility index (Phi) is 7.67. The minimum atomic E-state index is -0.661. The number of esters is 1. The first-order chi connectivity index (χ1) is 10.0. The van der Waals surface area contributed by atoms with Crippen LogP contribution in [0.4, 0.5) is 0 Å². The highest BCUT2D eigenvalue weighted by molar-refractivity contribution is 7.99. The number of aromatic nitrogens is 2. The van der Waals surface area contributed by atoms with Crippen LogP contribution in [0, 0.1) is 0 Å². The maximum atomic E-state index is 12.2. The molecule has 0 saturated carbocycles. The van der Waals surface area contributed by atoms with Gasteiger partial charge >= 0.3 is 5.97 Å². The quantitative estimate of drug-likeness (QED) is 0.430. The summed E-state index contributed by atoms with van der Waals surface area (Å²) in [6.45, 7) is 9.11. The molecule has 0 aliphatic heterocycles. The Morgan fingerprint density at radius 2 is 2.29 bits per heavy atom. The Morgan fingerprint density at radius 3 is 2.86 bits per heavy atom. The first kappa shape index (κ1) is 17.9. The summed E-state index contributed by atoms with van der Waals surface area (Å²) in [6, 6.07) is 1.88. The van der Waals surface area contributed by atoms with Crippen molar-refractivity contribution in [1.82, 2.24) is 15.3 Å². The van der Waals surface area contributed by atoms with Gasteiger partial charge in [0.25, 0.3) is 0 Å². The number of nitrogens with zero attached hydrogens (tertiary/aromatic N) is 2. The highest BCUT2D eigenvalue weighted by Crippen LogP contribution is 2.27. The largest absolute Gasteiger partial charge is 0.465 e. The molecule has 1 N–H and O–H groups in total. The highest BCUT2D eigenvalue weighted by Gasteiger charge is 2.35. The third-order valence-corrected chi connectivity index (χ3v) is 4.12.